The highest BCUT2D eigenvalue weighted by Crippen LogP contribution is 2.23. The Hall–Kier alpha value is -5.89. The van der Waals surface area contributed by atoms with E-state index in [0.717, 1.165) is 27.6 Å². The highest BCUT2D eigenvalue weighted by atomic mass is 16.2. The lowest BCUT2D eigenvalue weighted by Gasteiger charge is -2.32. The van der Waals surface area contributed by atoms with Crippen LogP contribution in [-0.2, 0) is 43.2 Å². The summed E-state index contributed by atoms with van der Waals surface area (Å²) < 4.78 is 0. The van der Waals surface area contributed by atoms with Crippen molar-refractivity contribution in [1.29, 1.82) is 0 Å². The van der Waals surface area contributed by atoms with E-state index in [2.05, 4.69) is 32.2 Å². The lowest BCUT2D eigenvalue weighted by molar-refractivity contribution is -0.143. The number of aromatic nitrogens is 1. The Morgan fingerprint density at radius 1 is 0.755 bits per heavy atom. The lowest BCUT2D eigenvalue weighted by atomic mass is 9.99. The van der Waals surface area contributed by atoms with Gasteiger partial charge in [0.1, 0.15) is 24.2 Å². The van der Waals surface area contributed by atoms with Crippen molar-refractivity contribution in [3.8, 4) is 12.3 Å². The zero-order valence-electron chi connectivity index (χ0n) is 26.9. The Labute approximate surface area is 284 Å². The number of terminal acetylenes is 1. The van der Waals surface area contributed by atoms with Gasteiger partial charge in [0.05, 0.1) is 6.42 Å². The lowest BCUT2D eigenvalue weighted by Crippen LogP contribution is -2.62. The number of nitrogens with zero attached hydrogens (tertiary/aromatic N) is 1. The molecule has 2 saturated heterocycles. The molecule has 3 heterocycles. The first-order valence-corrected chi connectivity index (χ1v) is 16.4. The van der Waals surface area contributed by atoms with Crippen LogP contribution in [0.1, 0.15) is 29.5 Å². The molecule has 0 unspecified atom stereocenters. The largest absolute Gasteiger partial charge is 0.361 e. The molecular formula is C38H38N6O5. The number of amides is 5. The zero-order valence-corrected chi connectivity index (χ0v) is 26.9. The quantitative estimate of drug-likeness (QED) is 0.183. The van der Waals surface area contributed by atoms with Gasteiger partial charge >= 0.3 is 0 Å². The maximum Gasteiger partial charge on any atom is 0.246 e. The molecule has 4 aromatic rings. The number of H-pyrrole nitrogens is 1. The molecular weight excluding hydrogens is 620 g/mol. The number of para-hydroxylation sites is 1. The highest BCUT2D eigenvalue weighted by Gasteiger charge is 2.44. The first kappa shape index (κ1) is 33.0. The van der Waals surface area contributed by atoms with E-state index < -0.39 is 59.7 Å². The smallest absolute Gasteiger partial charge is 0.246 e. The van der Waals surface area contributed by atoms with Crippen molar-refractivity contribution < 1.29 is 24.0 Å². The molecule has 3 aromatic carbocycles. The topological polar surface area (TPSA) is 152 Å². The Morgan fingerprint density at radius 2 is 1.33 bits per heavy atom. The Morgan fingerprint density at radius 3 is 2.00 bits per heavy atom. The Balaban J connectivity index is 1.37. The highest BCUT2D eigenvalue weighted by molar-refractivity contribution is 5.98. The molecule has 11 heteroatoms. The summed E-state index contributed by atoms with van der Waals surface area (Å²) in [6.45, 7) is 0.0305. The average molecular weight is 659 g/mol. The maximum absolute atomic E-state index is 14.4. The van der Waals surface area contributed by atoms with Gasteiger partial charge in [0.15, 0.2) is 0 Å². The van der Waals surface area contributed by atoms with Crippen LogP contribution in [0.25, 0.3) is 10.9 Å². The SMILES string of the molecule is C#CCC(=O)N[C@@H]1C[C@@H]2C(=O)N[C@@H](Cc3ccccc3)C(=O)N[C@H](Cc3c[nH]c4ccccc34)C(=O)N[C@@H](Cc3ccccc3)C(=O)N2C1. The number of carbonyl (C=O) groups excluding carboxylic acids is 5. The minimum atomic E-state index is -1.07. The molecule has 250 valence electrons. The van der Waals surface area contributed by atoms with Gasteiger partial charge in [-0.15, -0.1) is 6.42 Å². The van der Waals surface area contributed by atoms with Gasteiger partial charge in [-0.05, 0) is 29.2 Å². The molecule has 0 saturated carbocycles. The van der Waals surface area contributed by atoms with Crippen LogP contribution in [0.15, 0.2) is 91.1 Å². The normalized spacial score (nSPS) is 22.9. The molecule has 0 radical (unpaired) electrons. The molecule has 1 aromatic heterocycles. The van der Waals surface area contributed by atoms with E-state index >= 15 is 0 Å². The molecule has 5 amide bonds. The van der Waals surface area contributed by atoms with Gasteiger partial charge in [0.25, 0.3) is 0 Å². The summed E-state index contributed by atoms with van der Waals surface area (Å²) in [5.74, 6) is -0.155. The van der Waals surface area contributed by atoms with Crippen LogP contribution in [0.2, 0.25) is 0 Å². The molecule has 11 nitrogen and oxygen atoms in total. The van der Waals surface area contributed by atoms with Crippen molar-refractivity contribution in [1.82, 2.24) is 31.2 Å². The average Bonchev–Trinajstić information content (AvgIpc) is 3.72. The van der Waals surface area contributed by atoms with Gasteiger partial charge in [-0.1, -0.05) is 84.8 Å². The summed E-state index contributed by atoms with van der Waals surface area (Å²) in [6.07, 6.45) is 7.53. The van der Waals surface area contributed by atoms with Gasteiger partial charge < -0.3 is 31.2 Å². The van der Waals surface area contributed by atoms with E-state index in [4.69, 9.17) is 6.42 Å². The number of benzene rings is 3. The third-order valence-electron chi connectivity index (χ3n) is 9.06. The summed E-state index contributed by atoms with van der Waals surface area (Å²) >= 11 is 0. The molecule has 6 rings (SSSR count). The van der Waals surface area contributed by atoms with Gasteiger partial charge in [0.2, 0.25) is 29.5 Å². The predicted octanol–water partition coefficient (Wildman–Crippen LogP) is 1.77. The number of fused-ring (bicyclic) bond motifs is 2. The molecule has 0 aliphatic carbocycles. The maximum atomic E-state index is 14.4. The standard InChI is InChI=1S/C38H38N6O5/c1-2-11-34(45)40-27-21-33-37(48)42-30(18-24-12-5-3-6-13-24)35(46)41-31(20-26-22-39-29-17-10-9-16-28(26)29)36(47)43-32(38(49)44(33)23-27)19-25-14-7-4-8-15-25/h1,3-10,12-17,22,27,30-33,39H,11,18-21,23H2,(H,40,45)(H,41,46)(H,42,48)(H,43,47)/t27-,30+,31-,32+,33-/m1/s1. The van der Waals surface area contributed by atoms with Crippen molar-refractivity contribution >= 4 is 40.4 Å². The van der Waals surface area contributed by atoms with E-state index in [1.165, 1.54) is 4.90 Å². The number of hydrogen-bond acceptors (Lipinski definition) is 5. The van der Waals surface area contributed by atoms with Crippen LogP contribution in [-0.4, -0.2) is 76.2 Å². The Bertz CT molecular complexity index is 1880. The van der Waals surface area contributed by atoms with E-state index in [9.17, 15) is 24.0 Å². The second-order valence-corrected chi connectivity index (χ2v) is 12.5. The number of hydrogen-bond donors (Lipinski definition) is 5. The first-order chi connectivity index (χ1) is 23.8. The minimum Gasteiger partial charge on any atom is -0.361 e. The predicted molar refractivity (Wildman–Crippen MR) is 184 cm³/mol. The fourth-order valence-electron chi connectivity index (χ4n) is 6.66. The zero-order chi connectivity index (χ0) is 34.3. The molecule has 5 N–H and O–H groups in total. The van der Waals surface area contributed by atoms with Gasteiger partial charge in [0, 0.05) is 48.9 Å². The van der Waals surface area contributed by atoms with Gasteiger partial charge in [-0.3, -0.25) is 24.0 Å². The van der Waals surface area contributed by atoms with E-state index in [1.807, 2.05) is 84.9 Å². The molecule has 0 bridgehead atoms. The van der Waals surface area contributed by atoms with E-state index in [0.29, 0.717) is 0 Å². The van der Waals surface area contributed by atoms with Crippen molar-refractivity contribution in [2.75, 3.05) is 6.54 Å². The van der Waals surface area contributed by atoms with Crippen molar-refractivity contribution in [2.45, 2.75) is 62.3 Å². The third kappa shape index (κ3) is 7.81. The molecule has 2 fully saturated rings. The Kier molecular flexibility index (Phi) is 10.0. The second-order valence-electron chi connectivity index (χ2n) is 12.5. The van der Waals surface area contributed by atoms with E-state index in [1.54, 1.807) is 6.20 Å². The fraction of sp³-hybridized carbons (Fsp3) is 0.289. The van der Waals surface area contributed by atoms with Crippen molar-refractivity contribution in [3.63, 3.8) is 0 Å². The second kappa shape index (κ2) is 14.9. The number of nitrogens with one attached hydrogen (secondary N) is 5. The molecule has 2 aliphatic heterocycles. The number of rotatable bonds is 8. The summed E-state index contributed by atoms with van der Waals surface area (Å²) in [7, 11) is 0. The van der Waals surface area contributed by atoms with Crippen LogP contribution in [0, 0.1) is 12.3 Å². The summed E-state index contributed by atoms with van der Waals surface area (Å²) in [5.41, 5.74) is 3.29. The van der Waals surface area contributed by atoms with Crippen LogP contribution >= 0.6 is 0 Å². The number of carbonyl (C=O) groups is 5. The van der Waals surface area contributed by atoms with Gasteiger partial charge in [-0.25, -0.2) is 0 Å². The van der Waals surface area contributed by atoms with Crippen LogP contribution in [0.5, 0.6) is 0 Å². The molecule has 0 spiro atoms. The van der Waals surface area contributed by atoms with Crippen molar-refractivity contribution in [3.05, 3.63) is 108 Å². The van der Waals surface area contributed by atoms with E-state index in [-0.39, 0.29) is 38.6 Å². The summed E-state index contributed by atoms with van der Waals surface area (Å²) in [5, 5.41) is 12.5. The van der Waals surface area contributed by atoms with Gasteiger partial charge in [-0.2, -0.15) is 0 Å². The van der Waals surface area contributed by atoms with Crippen LogP contribution in [0.4, 0.5) is 0 Å². The van der Waals surface area contributed by atoms with Crippen molar-refractivity contribution in [2.24, 2.45) is 0 Å². The minimum absolute atomic E-state index is 0.0305. The third-order valence-corrected chi connectivity index (χ3v) is 9.06. The van der Waals surface area contributed by atoms with Crippen LogP contribution < -0.4 is 21.3 Å². The monoisotopic (exact) mass is 658 g/mol. The summed E-state index contributed by atoms with van der Waals surface area (Å²) in [6, 6.07) is 21.4. The molecule has 2 aliphatic rings. The molecule has 5 atom stereocenters. The first-order valence-electron chi connectivity index (χ1n) is 16.4. The molecule has 49 heavy (non-hydrogen) atoms. The van der Waals surface area contributed by atoms with Crippen LogP contribution in [0.3, 0.4) is 0 Å². The number of aromatic amines is 1. The summed E-state index contributed by atoms with van der Waals surface area (Å²) in [4.78, 5) is 73.8. The fourth-order valence-corrected chi connectivity index (χ4v) is 6.66.